The highest BCUT2D eigenvalue weighted by Crippen LogP contribution is 2.27. The van der Waals surface area contributed by atoms with Crippen molar-refractivity contribution in [1.29, 1.82) is 0 Å². The number of halogens is 1. The van der Waals surface area contributed by atoms with Crippen LogP contribution in [-0.4, -0.2) is 28.3 Å². The molecule has 5 heteroatoms. The molecule has 1 heterocycles. The van der Waals surface area contributed by atoms with E-state index in [1.54, 1.807) is 18.7 Å². The molecule has 1 aliphatic rings. The summed E-state index contributed by atoms with van der Waals surface area (Å²) in [6, 6.07) is 5.29. The summed E-state index contributed by atoms with van der Waals surface area (Å²) < 4.78 is 0. The third-order valence-electron chi connectivity index (χ3n) is 4.05. The molecule has 21 heavy (non-hydrogen) atoms. The highest BCUT2D eigenvalue weighted by atomic mass is 35.5. The van der Waals surface area contributed by atoms with Crippen LogP contribution in [0.2, 0.25) is 5.02 Å². The van der Waals surface area contributed by atoms with Gasteiger partial charge in [-0.1, -0.05) is 30.7 Å². The van der Waals surface area contributed by atoms with Crippen LogP contribution < -0.4 is 5.32 Å². The Hall–Kier alpha value is -1.55. The Morgan fingerprint density at radius 3 is 2.57 bits per heavy atom. The third kappa shape index (κ3) is 2.91. The fourth-order valence-electron chi connectivity index (χ4n) is 2.49. The topological polar surface area (TPSA) is 49.4 Å². The molecule has 1 fully saturated rings. The van der Waals surface area contributed by atoms with Crippen molar-refractivity contribution < 1.29 is 9.59 Å². The van der Waals surface area contributed by atoms with E-state index in [1.807, 2.05) is 32.0 Å². The van der Waals surface area contributed by atoms with Crippen molar-refractivity contribution in [2.45, 2.75) is 52.2 Å². The van der Waals surface area contributed by atoms with Crippen molar-refractivity contribution in [3.63, 3.8) is 0 Å². The predicted octanol–water partition coefficient (Wildman–Crippen LogP) is 2.66. The fourth-order valence-corrected chi connectivity index (χ4v) is 2.78. The van der Waals surface area contributed by atoms with Gasteiger partial charge < -0.3 is 10.2 Å². The van der Waals surface area contributed by atoms with Gasteiger partial charge in [-0.05, 0) is 44.4 Å². The first kappa shape index (κ1) is 15.8. The molecule has 114 valence electrons. The lowest BCUT2D eigenvalue weighted by atomic mass is 9.94. The maximum absolute atomic E-state index is 12.6. The van der Waals surface area contributed by atoms with Crippen molar-refractivity contribution >= 4 is 23.4 Å². The number of hydrogen-bond donors (Lipinski definition) is 1. The number of benzene rings is 1. The summed E-state index contributed by atoms with van der Waals surface area (Å²) in [6.45, 7) is 7.71. The van der Waals surface area contributed by atoms with Crippen LogP contribution in [0.4, 0.5) is 0 Å². The summed E-state index contributed by atoms with van der Waals surface area (Å²) in [6.07, 6.45) is 0.582. The average molecular weight is 309 g/mol. The largest absolute Gasteiger partial charge is 0.342 e. The lowest BCUT2D eigenvalue weighted by molar-refractivity contribution is -0.156. The minimum atomic E-state index is -0.878. The van der Waals surface area contributed by atoms with Gasteiger partial charge in [0.2, 0.25) is 11.8 Å². The first-order valence-corrected chi connectivity index (χ1v) is 7.52. The Bertz CT molecular complexity index is 584. The quantitative estimate of drug-likeness (QED) is 0.933. The van der Waals surface area contributed by atoms with Gasteiger partial charge in [0.05, 0.1) is 0 Å². The lowest BCUT2D eigenvalue weighted by Gasteiger charge is -2.44. The Morgan fingerprint density at radius 1 is 1.33 bits per heavy atom. The zero-order valence-electron chi connectivity index (χ0n) is 12.9. The molecule has 1 N–H and O–H groups in total. The monoisotopic (exact) mass is 308 g/mol. The Labute approximate surface area is 130 Å². The SMILES string of the molecule is CCC1NC(=O)C(C)(C)N(Cc2ccc(C)cc2Cl)C1=O. The molecule has 1 aromatic carbocycles. The molecule has 0 aromatic heterocycles. The van der Waals surface area contributed by atoms with E-state index in [0.717, 1.165) is 11.1 Å². The molecule has 0 saturated carbocycles. The predicted molar refractivity (Wildman–Crippen MR) is 83.0 cm³/mol. The van der Waals surface area contributed by atoms with Crippen LogP contribution in [0, 0.1) is 6.92 Å². The first-order valence-electron chi connectivity index (χ1n) is 7.14. The molecule has 4 nitrogen and oxygen atoms in total. The molecule has 2 rings (SSSR count). The van der Waals surface area contributed by atoms with Crippen LogP contribution in [0.15, 0.2) is 18.2 Å². The summed E-state index contributed by atoms with van der Waals surface area (Å²) in [4.78, 5) is 26.4. The van der Waals surface area contributed by atoms with Crippen LogP contribution in [-0.2, 0) is 16.1 Å². The van der Waals surface area contributed by atoms with Crippen molar-refractivity contribution in [3.8, 4) is 0 Å². The van der Waals surface area contributed by atoms with E-state index in [4.69, 9.17) is 11.6 Å². The lowest BCUT2D eigenvalue weighted by Crippen LogP contribution is -2.67. The maximum Gasteiger partial charge on any atom is 0.246 e. The first-order chi connectivity index (χ1) is 9.77. The smallest absolute Gasteiger partial charge is 0.246 e. The molecule has 0 radical (unpaired) electrons. The van der Waals surface area contributed by atoms with Gasteiger partial charge in [-0.15, -0.1) is 0 Å². The number of nitrogens with zero attached hydrogens (tertiary/aromatic N) is 1. The second kappa shape index (κ2) is 5.68. The highest BCUT2D eigenvalue weighted by Gasteiger charge is 2.45. The van der Waals surface area contributed by atoms with Crippen molar-refractivity contribution in [1.82, 2.24) is 10.2 Å². The zero-order chi connectivity index (χ0) is 15.8. The van der Waals surface area contributed by atoms with Gasteiger partial charge in [0.1, 0.15) is 11.6 Å². The van der Waals surface area contributed by atoms with Crippen LogP contribution in [0.25, 0.3) is 0 Å². The molecular weight excluding hydrogens is 288 g/mol. The highest BCUT2D eigenvalue weighted by molar-refractivity contribution is 6.31. The van der Waals surface area contributed by atoms with E-state index >= 15 is 0 Å². The van der Waals surface area contributed by atoms with E-state index in [-0.39, 0.29) is 11.8 Å². The molecule has 1 saturated heterocycles. The number of hydrogen-bond acceptors (Lipinski definition) is 2. The molecular formula is C16H21ClN2O2. The van der Waals surface area contributed by atoms with E-state index in [2.05, 4.69) is 5.32 Å². The van der Waals surface area contributed by atoms with Gasteiger partial charge in [-0.25, -0.2) is 0 Å². The van der Waals surface area contributed by atoms with E-state index < -0.39 is 11.6 Å². The van der Waals surface area contributed by atoms with Gasteiger partial charge in [0.15, 0.2) is 0 Å². The summed E-state index contributed by atoms with van der Waals surface area (Å²) in [5.41, 5.74) is 1.04. The third-order valence-corrected chi connectivity index (χ3v) is 4.40. The summed E-state index contributed by atoms with van der Waals surface area (Å²) in [5, 5.41) is 3.41. The number of carbonyl (C=O) groups excluding carboxylic acids is 2. The van der Waals surface area contributed by atoms with E-state index in [9.17, 15) is 9.59 Å². The summed E-state index contributed by atoms with van der Waals surface area (Å²) in [7, 11) is 0. The fraction of sp³-hybridized carbons (Fsp3) is 0.500. The Morgan fingerprint density at radius 2 is 2.00 bits per heavy atom. The second-order valence-corrected chi connectivity index (χ2v) is 6.42. The molecule has 1 unspecified atom stereocenters. The molecule has 0 spiro atoms. The molecule has 0 bridgehead atoms. The molecule has 0 aliphatic carbocycles. The Kier molecular flexibility index (Phi) is 4.28. The maximum atomic E-state index is 12.6. The van der Waals surface area contributed by atoms with Gasteiger partial charge in [-0.2, -0.15) is 0 Å². The minimum Gasteiger partial charge on any atom is -0.342 e. The number of nitrogens with one attached hydrogen (secondary N) is 1. The normalized spacial score (nSPS) is 21.4. The van der Waals surface area contributed by atoms with Crippen LogP contribution >= 0.6 is 11.6 Å². The van der Waals surface area contributed by atoms with Crippen molar-refractivity contribution in [2.75, 3.05) is 0 Å². The van der Waals surface area contributed by atoms with Gasteiger partial charge in [0, 0.05) is 11.6 Å². The number of aryl methyl sites for hydroxylation is 1. The van der Waals surface area contributed by atoms with Gasteiger partial charge in [0.25, 0.3) is 0 Å². The van der Waals surface area contributed by atoms with E-state index in [0.29, 0.717) is 18.0 Å². The number of piperazine rings is 1. The minimum absolute atomic E-state index is 0.0567. The summed E-state index contributed by atoms with van der Waals surface area (Å²) >= 11 is 6.26. The number of rotatable bonds is 3. The summed E-state index contributed by atoms with van der Waals surface area (Å²) in [5.74, 6) is -0.184. The van der Waals surface area contributed by atoms with Crippen LogP contribution in [0.5, 0.6) is 0 Å². The van der Waals surface area contributed by atoms with Crippen molar-refractivity contribution in [3.05, 3.63) is 34.3 Å². The zero-order valence-corrected chi connectivity index (χ0v) is 13.6. The number of carbonyl (C=O) groups is 2. The Balaban J connectivity index is 2.34. The van der Waals surface area contributed by atoms with Gasteiger partial charge >= 0.3 is 0 Å². The van der Waals surface area contributed by atoms with Crippen LogP contribution in [0.1, 0.15) is 38.3 Å². The van der Waals surface area contributed by atoms with Crippen molar-refractivity contribution in [2.24, 2.45) is 0 Å². The number of amides is 2. The molecule has 1 atom stereocenters. The van der Waals surface area contributed by atoms with Crippen LogP contribution in [0.3, 0.4) is 0 Å². The molecule has 1 aliphatic heterocycles. The average Bonchev–Trinajstić information content (AvgIpc) is 2.41. The standard InChI is InChI=1S/C16H21ClN2O2/c1-5-13-14(20)19(16(3,4)15(21)18-13)9-11-7-6-10(2)8-12(11)17/h6-8,13H,5,9H2,1-4H3,(H,18,21). The molecule has 1 aromatic rings. The molecule has 2 amide bonds. The van der Waals surface area contributed by atoms with Gasteiger partial charge in [-0.3, -0.25) is 9.59 Å². The second-order valence-electron chi connectivity index (χ2n) is 6.01. The van der Waals surface area contributed by atoms with E-state index in [1.165, 1.54) is 0 Å².